The summed E-state index contributed by atoms with van der Waals surface area (Å²) >= 11 is 1.51. The van der Waals surface area contributed by atoms with E-state index in [9.17, 15) is 8.42 Å². The summed E-state index contributed by atoms with van der Waals surface area (Å²) in [4.78, 5) is 4.45. The molecular weight excluding hydrogens is 282 g/mol. The molecule has 0 bridgehead atoms. The summed E-state index contributed by atoms with van der Waals surface area (Å²) in [5.74, 6) is 0. The molecule has 19 heavy (non-hydrogen) atoms. The number of hydrogen-bond donors (Lipinski definition) is 2. The molecule has 2 rings (SSSR count). The molecule has 1 aromatic carbocycles. The van der Waals surface area contributed by atoms with Gasteiger partial charge in [0.2, 0.25) is 10.0 Å². The number of aromatic nitrogens is 1. The average Bonchev–Trinajstić information content (AvgIpc) is 2.93. The van der Waals surface area contributed by atoms with Gasteiger partial charge in [-0.15, -0.1) is 11.3 Å². The summed E-state index contributed by atoms with van der Waals surface area (Å²) in [6.07, 6.45) is 0. The van der Waals surface area contributed by atoms with Crippen molar-refractivity contribution in [2.45, 2.75) is 17.9 Å². The Bertz CT molecular complexity index is 639. The first kappa shape index (κ1) is 14.0. The predicted molar refractivity (Wildman–Crippen MR) is 76.8 cm³/mol. The zero-order valence-corrected chi connectivity index (χ0v) is 12.3. The van der Waals surface area contributed by atoms with Crippen LogP contribution in [-0.4, -0.2) is 20.4 Å². The van der Waals surface area contributed by atoms with Crippen molar-refractivity contribution in [2.75, 3.05) is 12.4 Å². The molecule has 1 aromatic heterocycles. The Labute approximate surface area is 116 Å². The molecule has 0 aliphatic rings. The average molecular weight is 297 g/mol. The molecule has 2 aromatic rings. The quantitative estimate of drug-likeness (QED) is 0.888. The molecular formula is C12H15N3O2S2. The van der Waals surface area contributed by atoms with Gasteiger partial charge in [-0.05, 0) is 26.1 Å². The molecule has 0 aliphatic carbocycles. The molecule has 1 unspecified atom stereocenters. The van der Waals surface area contributed by atoms with Gasteiger partial charge in [-0.25, -0.2) is 18.1 Å². The van der Waals surface area contributed by atoms with Crippen molar-refractivity contribution in [2.24, 2.45) is 0 Å². The van der Waals surface area contributed by atoms with Crippen LogP contribution >= 0.6 is 11.3 Å². The molecule has 5 nitrogen and oxygen atoms in total. The number of hydrogen-bond acceptors (Lipinski definition) is 5. The largest absolute Gasteiger partial charge is 0.376 e. The highest BCUT2D eigenvalue weighted by atomic mass is 32.2. The van der Waals surface area contributed by atoms with Crippen LogP contribution in [0.15, 0.2) is 40.1 Å². The van der Waals surface area contributed by atoms with Gasteiger partial charge in [-0.2, -0.15) is 0 Å². The van der Waals surface area contributed by atoms with Gasteiger partial charge < -0.3 is 5.32 Å². The third-order valence-electron chi connectivity index (χ3n) is 2.71. The second kappa shape index (κ2) is 5.68. The van der Waals surface area contributed by atoms with Gasteiger partial charge in [-0.1, -0.05) is 12.1 Å². The van der Waals surface area contributed by atoms with Crippen molar-refractivity contribution in [3.8, 4) is 0 Å². The van der Waals surface area contributed by atoms with Crippen molar-refractivity contribution in [1.82, 2.24) is 9.71 Å². The Kier molecular flexibility index (Phi) is 4.18. The van der Waals surface area contributed by atoms with E-state index < -0.39 is 10.0 Å². The maximum Gasteiger partial charge on any atom is 0.242 e. The van der Waals surface area contributed by atoms with E-state index in [1.54, 1.807) is 29.8 Å². The van der Waals surface area contributed by atoms with E-state index >= 15 is 0 Å². The number of nitrogens with zero attached hydrogens (tertiary/aromatic N) is 1. The Hall–Kier alpha value is -1.44. The number of nitrogens with one attached hydrogen (secondary N) is 2. The first-order valence-corrected chi connectivity index (χ1v) is 8.14. The summed E-state index contributed by atoms with van der Waals surface area (Å²) in [6.45, 7) is 1.94. The van der Waals surface area contributed by atoms with E-state index in [0.717, 1.165) is 5.69 Å². The Morgan fingerprint density at radius 3 is 2.68 bits per heavy atom. The molecule has 0 radical (unpaired) electrons. The van der Waals surface area contributed by atoms with Gasteiger partial charge in [-0.3, -0.25) is 0 Å². The fraction of sp³-hybridized carbons (Fsp3) is 0.250. The highest BCUT2D eigenvalue weighted by molar-refractivity contribution is 7.89. The van der Waals surface area contributed by atoms with Gasteiger partial charge in [0, 0.05) is 5.38 Å². The van der Waals surface area contributed by atoms with Crippen molar-refractivity contribution in [3.63, 3.8) is 0 Å². The number of thiazole rings is 1. The molecule has 1 atom stereocenters. The van der Waals surface area contributed by atoms with Gasteiger partial charge in [0.25, 0.3) is 0 Å². The molecule has 0 saturated carbocycles. The molecule has 0 amide bonds. The maximum absolute atomic E-state index is 11.9. The molecule has 0 aliphatic heterocycles. The van der Waals surface area contributed by atoms with Crippen molar-refractivity contribution in [1.29, 1.82) is 0 Å². The normalized spacial score (nSPS) is 13.2. The number of sulfonamides is 1. The van der Waals surface area contributed by atoms with E-state index in [2.05, 4.69) is 15.0 Å². The van der Waals surface area contributed by atoms with Gasteiger partial charge in [0.15, 0.2) is 0 Å². The Balaban J connectivity index is 2.31. The molecule has 102 valence electrons. The highest BCUT2D eigenvalue weighted by Gasteiger charge is 2.17. The van der Waals surface area contributed by atoms with Crippen molar-refractivity contribution in [3.05, 3.63) is 40.8 Å². The number of benzene rings is 1. The number of anilines is 1. The third-order valence-corrected chi connectivity index (χ3v) is 4.79. The SMILES string of the molecule is CNS(=O)(=O)c1ccccc1NC(C)c1cscn1. The number of para-hydroxylation sites is 1. The minimum Gasteiger partial charge on any atom is -0.376 e. The standard InChI is InChI=1S/C12H15N3O2S2/c1-9(11-7-18-8-14-11)15-10-5-3-4-6-12(10)19(16,17)13-2/h3-9,13,15H,1-2H3. The topological polar surface area (TPSA) is 71.1 Å². The van der Waals surface area contributed by atoms with Gasteiger partial charge in [0.1, 0.15) is 4.90 Å². The van der Waals surface area contributed by atoms with Crippen LogP contribution in [0.4, 0.5) is 5.69 Å². The van der Waals surface area contributed by atoms with Crippen LogP contribution in [0.1, 0.15) is 18.7 Å². The lowest BCUT2D eigenvalue weighted by Gasteiger charge is -2.16. The summed E-state index contributed by atoms with van der Waals surface area (Å²) < 4.78 is 26.2. The van der Waals surface area contributed by atoms with Crippen LogP contribution in [0.3, 0.4) is 0 Å². The minimum atomic E-state index is -3.47. The van der Waals surface area contributed by atoms with Gasteiger partial charge >= 0.3 is 0 Å². The zero-order valence-electron chi connectivity index (χ0n) is 10.6. The van der Waals surface area contributed by atoms with Crippen LogP contribution in [0.25, 0.3) is 0 Å². The summed E-state index contributed by atoms with van der Waals surface area (Å²) in [5, 5.41) is 5.12. The van der Waals surface area contributed by atoms with Crippen LogP contribution in [0, 0.1) is 0 Å². The minimum absolute atomic E-state index is 0.0561. The van der Waals surface area contributed by atoms with Crippen LogP contribution in [-0.2, 0) is 10.0 Å². The van der Waals surface area contributed by atoms with E-state index in [-0.39, 0.29) is 10.9 Å². The van der Waals surface area contributed by atoms with E-state index in [1.165, 1.54) is 18.4 Å². The fourth-order valence-corrected chi connectivity index (χ4v) is 3.22. The molecule has 0 fully saturated rings. The lowest BCUT2D eigenvalue weighted by molar-refractivity contribution is 0.588. The fourth-order valence-electron chi connectivity index (χ4n) is 1.67. The molecule has 1 heterocycles. The predicted octanol–water partition coefficient (Wildman–Crippen LogP) is 2.22. The maximum atomic E-state index is 11.9. The monoisotopic (exact) mass is 297 g/mol. The number of rotatable bonds is 5. The summed E-state index contributed by atoms with van der Waals surface area (Å²) in [5.41, 5.74) is 3.21. The molecule has 2 N–H and O–H groups in total. The lowest BCUT2D eigenvalue weighted by Crippen LogP contribution is -2.20. The van der Waals surface area contributed by atoms with E-state index in [0.29, 0.717) is 5.69 Å². The van der Waals surface area contributed by atoms with Gasteiger partial charge in [0.05, 0.1) is 22.9 Å². The second-order valence-corrected chi connectivity index (χ2v) is 6.56. The Morgan fingerprint density at radius 2 is 2.05 bits per heavy atom. The third kappa shape index (κ3) is 3.12. The van der Waals surface area contributed by atoms with Crippen molar-refractivity contribution < 1.29 is 8.42 Å². The first-order chi connectivity index (χ1) is 9.04. The van der Waals surface area contributed by atoms with Crippen LogP contribution in [0.5, 0.6) is 0 Å². The first-order valence-electron chi connectivity index (χ1n) is 5.72. The van der Waals surface area contributed by atoms with E-state index in [1.807, 2.05) is 12.3 Å². The lowest BCUT2D eigenvalue weighted by atomic mass is 10.2. The second-order valence-electron chi connectivity index (χ2n) is 3.98. The smallest absolute Gasteiger partial charge is 0.242 e. The summed E-state index contributed by atoms with van der Waals surface area (Å²) in [6, 6.07) is 6.75. The molecule has 0 spiro atoms. The highest BCUT2D eigenvalue weighted by Crippen LogP contribution is 2.25. The summed E-state index contributed by atoms with van der Waals surface area (Å²) in [7, 11) is -2.07. The Morgan fingerprint density at radius 1 is 1.32 bits per heavy atom. The molecule has 7 heteroatoms. The van der Waals surface area contributed by atoms with Crippen LogP contribution < -0.4 is 10.0 Å². The van der Waals surface area contributed by atoms with Crippen LogP contribution in [0.2, 0.25) is 0 Å². The zero-order chi connectivity index (χ0) is 13.9. The van der Waals surface area contributed by atoms with Crippen molar-refractivity contribution >= 4 is 27.0 Å². The van der Waals surface area contributed by atoms with E-state index in [4.69, 9.17) is 0 Å². The molecule has 0 saturated heterocycles.